The van der Waals surface area contributed by atoms with Crippen LogP contribution in [0, 0.1) is 5.92 Å². The van der Waals surface area contributed by atoms with Crippen LogP contribution in [0.3, 0.4) is 0 Å². The summed E-state index contributed by atoms with van der Waals surface area (Å²) in [6.45, 7) is 6.51. The number of ether oxygens (including phenoxy) is 1. The molecule has 0 amide bonds. The first-order chi connectivity index (χ1) is 8.54. The van der Waals surface area contributed by atoms with Crippen LogP contribution in [0.4, 0.5) is 0 Å². The molecule has 1 rings (SSSR count). The summed E-state index contributed by atoms with van der Waals surface area (Å²) in [5, 5.41) is 0. The molecule has 0 heterocycles. The van der Waals surface area contributed by atoms with E-state index in [1.165, 1.54) is 5.56 Å². The smallest absolute Gasteiger partial charge is 0.313 e. The summed E-state index contributed by atoms with van der Waals surface area (Å²) >= 11 is 5.50. The van der Waals surface area contributed by atoms with E-state index < -0.39 is 0 Å². The van der Waals surface area contributed by atoms with Crippen molar-refractivity contribution in [2.24, 2.45) is 5.92 Å². The largest absolute Gasteiger partial charge is 0.464 e. The van der Waals surface area contributed by atoms with Crippen molar-refractivity contribution in [2.75, 3.05) is 12.5 Å². The Kier molecular flexibility index (Phi) is 6.20. The predicted octanol–water partition coefficient (Wildman–Crippen LogP) is 3.77. The highest BCUT2D eigenvalue weighted by Crippen LogP contribution is 2.19. The molecule has 2 nitrogen and oxygen atoms in total. The Bertz CT molecular complexity index is 388. The second-order valence-electron chi connectivity index (χ2n) is 4.92. The molecule has 0 bridgehead atoms. The molecule has 0 saturated carbocycles. The van der Waals surface area contributed by atoms with Gasteiger partial charge in [0.1, 0.15) is 6.61 Å². The van der Waals surface area contributed by atoms with Crippen LogP contribution < -0.4 is 0 Å². The number of carbonyl (C=O) groups is 1. The Morgan fingerprint density at radius 3 is 2.67 bits per heavy atom. The fraction of sp³-hybridized carbons (Fsp3) is 0.533. The van der Waals surface area contributed by atoms with Gasteiger partial charge in [-0.25, -0.2) is 0 Å². The van der Waals surface area contributed by atoms with Crippen LogP contribution >= 0.6 is 11.6 Å². The van der Waals surface area contributed by atoms with E-state index in [-0.39, 0.29) is 18.5 Å². The molecule has 0 unspecified atom stereocenters. The van der Waals surface area contributed by atoms with Crippen LogP contribution in [-0.4, -0.2) is 18.5 Å². The second kappa shape index (κ2) is 7.42. The summed E-state index contributed by atoms with van der Waals surface area (Å²) in [4.78, 5) is 11.8. The van der Waals surface area contributed by atoms with Gasteiger partial charge in [-0.1, -0.05) is 38.1 Å². The van der Waals surface area contributed by atoms with E-state index in [2.05, 4.69) is 26.0 Å². The summed E-state index contributed by atoms with van der Waals surface area (Å²) in [6, 6.07) is 8.15. The standard InChI is InChI=1S/C15H21ClO2/c1-11(2)9-13-5-4-6-14(10-13)12(3)15(17)18-8-7-16/h4-6,10-12H,7-9H2,1-3H3/t12-/m1/s1. The van der Waals surface area contributed by atoms with E-state index in [0.29, 0.717) is 11.8 Å². The van der Waals surface area contributed by atoms with Crippen molar-refractivity contribution < 1.29 is 9.53 Å². The third kappa shape index (κ3) is 4.69. The van der Waals surface area contributed by atoms with Crippen LogP contribution in [-0.2, 0) is 16.0 Å². The first-order valence-corrected chi connectivity index (χ1v) is 6.89. The van der Waals surface area contributed by atoms with E-state index in [9.17, 15) is 4.79 Å². The second-order valence-corrected chi connectivity index (χ2v) is 5.30. The van der Waals surface area contributed by atoms with E-state index in [1.54, 1.807) is 0 Å². The van der Waals surface area contributed by atoms with Crippen LogP contribution in [0.2, 0.25) is 0 Å². The average molecular weight is 269 g/mol. The van der Waals surface area contributed by atoms with Gasteiger partial charge in [-0.3, -0.25) is 4.79 Å². The van der Waals surface area contributed by atoms with Gasteiger partial charge < -0.3 is 4.74 Å². The van der Waals surface area contributed by atoms with E-state index in [1.807, 2.05) is 19.1 Å². The lowest BCUT2D eigenvalue weighted by Gasteiger charge is -2.13. The average Bonchev–Trinajstić information content (AvgIpc) is 2.34. The normalized spacial score (nSPS) is 12.5. The summed E-state index contributed by atoms with van der Waals surface area (Å²) in [5.41, 5.74) is 2.27. The van der Waals surface area contributed by atoms with Crippen molar-refractivity contribution >= 4 is 17.6 Å². The number of alkyl halides is 1. The Hall–Kier alpha value is -1.02. The van der Waals surface area contributed by atoms with Gasteiger partial charge in [0.15, 0.2) is 0 Å². The van der Waals surface area contributed by atoms with Crippen molar-refractivity contribution in [2.45, 2.75) is 33.1 Å². The van der Waals surface area contributed by atoms with Crippen LogP contribution in [0.15, 0.2) is 24.3 Å². The Morgan fingerprint density at radius 2 is 2.06 bits per heavy atom. The maximum absolute atomic E-state index is 11.8. The SMILES string of the molecule is CC(C)Cc1cccc([C@@H](C)C(=O)OCCCl)c1. The van der Waals surface area contributed by atoms with E-state index in [4.69, 9.17) is 16.3 Å². The molecule has 0 aliphatic carbocycles. The number of benzene rings is 1. The summed E-state index contributed by atoms with van der Waals surface area (Å²) in [6.07, 6.45) is 1.03. The lowest BCUT2D eigenvalue weighted by atomic mass is 9.95. The molecular weight excluding hydrogens is 248 g/mol. The van der Waals surface area contributed by atoms with Gasteiger partial charge in [-0.2, -0.15) is 0 Å². The number of halogens is 1. The summed E-state index contributed by atoms with van der Waals surface area (Å²) < 4.78 is 5.06. The highest BCUT2D eigenvalue weighted by Gasteiger charge is 2.16. The summed E-state index contributed by atoms with van der Waals surface area (Å²) in [5.74, 6) is 0.502. The van der Waals surface area contributed by atoms with Crippen LogP contribution in [0.1, 0.15) is 37.8 Å². The fourth-order valence-electron chi connectivity index (χ4n) is 1.86. The van der Waals surface area contributed by atoms with Gasteiger partial charge in [-0.05, 0) is 30.4 Å². The maximum atomic E-state index is 11.8. The Balaban J connectivity index is 2.73. The van der Waals surface area contributed by atoms with Gasteiger partial charge >= 0.3 is 5.97 Å². The molecule has 0 spiro atoms. The number of esters is 1. The highest BCUT2D eigenvalue weighted by molar-refractivity contribution is 6.18. The van der Waals surface area contributed by atoms with E-state index >= 15 is 0 Å². The van der Waals surface area contributed by atoms with Crippen molar-refractivity contribution in [3.63, 3.8) is 0 Å². The maximum Gasteiger partial charge on any atom is 0.313 e. The number of hydrogen-bond donors (Lipinski definition) is 0. The van der Waals surface area contributed by atoms with Gasteiger partial charge in [-0.15, -0.1) is 11.6 Å². The molecule has 0 saturated heterocycles. The molecule has 1 aromatic rings. The van der Waals surface area contributed by atoms with Gasteiger partial charge in [0, 0.05) is 0 Å². The molecule has 0 fully saturated rings. The Morgan fingerprint density at radius 1 is 1.33 bits per heavy atom. The van der Waals surface area contributed by atoms with E-state index in [0.717, 1.165) is 12.0 Å². The minimum Gasteiger partial charge on any atom is -0.464 e. The van der Waals surface area contributed by atoms with Crippen molar-refractivity contribution in [1.29, 1.82) is 0 Å². The van der Waals surface area contributed by atoms with Gasteiger partial charge in [0.2, 0.25) is 0 Å². The number of hydrogen-bond acceptors (Lipinski definition) is 2. The fourth-order valence-corrected chi connectivity index (χ4v) is 1.94. The zero-order chi connectivity index (χ0) is 13.5. The zero-order valence-corrected chi connectivity index (χ0v) is 12.0. The lowest BCUT2D eigenvalue weighted by Crippen LogP contribution is -2.14. The molecule has 0 aliphatic rings. The van der Waals surface area contributed by atoms with Crippen molar-refractivity contribution in [3.05, 3.63) is 35.4 Å². The first kappa shape index (κ1) is 15.0. The zero-order valence-electron chi connectivity index (χ0n) is 11.3. The monoisotopic (exact) mass is 268 g/mol. The van der Waals surface area contributed by atoms with Gasteiger partial charge in [0.25, 0.3) is 0 Å². The van der Waals surface area contributed by atoms with Crippen molar-refractivity contribution in [3.8, 4) is 0 Å². The first-order valence-electron chi connectivity index (χ1n) is 6.36. The minimum absolute atomic E-state index is 0.211. The molecule has 0 N–H and O–H groups in total. The predicted molar refractivity (Wildman–Crippen MR) is 75.1 cm³/mol. The number of rotatable bonds is 6. The third-order valence-electron chi connectivity index (χ3n) is 2.77. The quantitative estimate of drug-likeness (QED) is 0.580. The topological polar surface area (TPSA) is 26.3 Å². The summed E-state index contributed by atoms with van der Waals surface area (Å²) in [7, 11) is 0. The molecule has 1 atom stereocenters. The van der Waals surface area contributed by atoms with Crippen molar-refractivity contribution in [1.82, 2.24) is 0 Å². The molecular formula is C15H21ClO2. The Labute approximate surface area is 114 Å². The lowest BCUT2D eigenvalue weighted by molar-refractivity contribution is -0.144. The minimum atomic E-state index is -0.236. The molecule has 0 aliphatic heterocycles. The van der Waals surface area contributed by atoms with Gasteiger partial charge in [0.05, 0.1) is 11.8 Å². The molecule has 0 aromatic heterocycles. The third-order valence-corrected chi connectivity index (χ3v) is 2.92. The molecule has 0 radical (unpaired) electrons. The molecule has 3 heteroatoms. The molecule has 1 aromatic carbocycles. The van der Waals surface area contributed by atoms with Crippen LogP contribution in [0.25, 0.3) is 0 Å². The highest BCUT2D eigenvalue weighted by atomic mass is 35.5. The molecule has 18 heavy (non-hydrogen) atoms. The molecule has 100 valence electrons. The number of carbonyl (C=O) groups excluding carboxylic acids is 1. The van der Waals surface area contributed by atoms with Crippen LogP contribution in [0.5, 0.6) is 0 Å².